The van der Waals surface area contributed by atoms with Crippen LogP contribution in [0.5, 0.6) is 11.5 Å². The van der Waals surface area contributed by atoms with Gasteiger partial charge >= 0.3 is 0 Å². The largest absolute Gasteiger partial charge is 0.504 e. The van der Waals surface area contributed by atoms with Gasteiger partial charge in [0.1, 0.15) is 0 Å². The Bertz CT molecular complexity index is 1060. The lowest BCUT2D eigenvalue weighted by atomic mass is 9.44. The van der Waals surface area contributed by atoms with Crippen molar-refractivity contribution in [3.05, 3.63) is 29.8 Å². The highest BCUT2D eigenvalue weighted by molar-refractivity contribution is 5.55. The Balaban J connectivity index is 1.14. The van der Waals surface area contributed by atoms with E-state index in [0.717, 1.165) is 47.5 Å². The summed E-state index contributed by atoms with van der Waals surface area (Å²) in [5.41, 5.74) is 2.17. The van der Waals surface area contributed by atoms with Crippen LogP contribution in [0.3, 0.4) is 0 Å². The molecule has 0 bridgehead atoms. The van der Waals surface area contributed by atoms with Gasteiger partial charge < -0.3 is 14.9 Å². The van der Waals surface area contributed by atoms with Gasteiger partial charge in [-0.25, -0.2) is 0 Å². The average Bonchev–Trinajstić information content (AvgIpc) is 3.32. The second kappa shape index (κ2) is 13.3. The molecule has 4 aliphatic rings. The van der Waals surface area contributed by atoms with E-state index in [1.54, 1.807) is 13.2 Å². The predicted octanol–water partition coefficient (Wildman–Crippen LogP) is 10.3. The van der Waals surface area contributed by atoms with Gasteiger partial charge in [-0.2, -0.15) is 0 Å². The van der Waals surface area contributed by atoms with Crippen molar-refractivity contribution in [2.45, 2.75) is 131 Å². The Morgan fingerprint density at radius 2 is 1.71 bits per heavy atom. The zero-order valence-corrected chi connectivity index (χ0v) is 27.8. The Labute approximate surface area is 257 Å². The van der Waals surface area contributed by atoms with Crippen molar-refractivity contribution in [1.29, 1.82) is 0 Å². The summed E-state index contributed by atoms with van der Waals surface area (Å²) >= 11 is 0. The topological polar surface area (TPSA) is 49.7 Å². The summed E-state index contributed by atoms with van der Waals surface area (Å²) in [4.78, 5) is 0. The molecule has 42 heavy (non-hydrogen) atoms. The summed E-state index contributed by atoms with van der Waals surface area (Å²) in [7, 11) is 1.57. The fraction of sp³-hybridized carbons (Fsp3) is 0.795. The van der Waals surface area contributed by atoms with Crippen molar-refractivity contribution in [3.63, 3.8) is 0 Å². The van der Waals surface area contributed by atoms with Crippen molar-refractivity contribution in [2.75, 3.05) is 7.11 Å². The van der Waals surface area contributed by atoms with E-state index in [1.807, 2.05) is 18.2 Å². The average molecular weight is 579 g/mol. The highest BCUT2D eigenvalue weighted by Crippen LogP contribution is 2.68. The van der Waals surface area contributed by atoms with Crippen LogP contribution in [-0.2, 0) is 0 Å². The Morgan fingerprint density at radius 1 is 0.929 bits per heavy atom. The van der Waals surface area contributed by atoms with Crippen molar-refractivity contribution in [3.8, 4) is 11.5 Å². The van der Waals surface area contributed by atoms with E-state index in [9.17, 15) is 10.2 Å². The van der Waals surface area contributed by atoms with Crippen molar-refractivity contribution < 1.29 is 14.9 Å². The third kappa shape index (κ3) is 6.33. The number of phenolic OH excluding ortho intramolecular Hbond substituents is 1. The van der Waals surface area contributed by atoms with E-state index in [1.165, 1.54) is 77.0 Å². The van der Waals surface area contributed by atoms with Crippen molar-refractivity contribution >= 4 is 6.08 Å². The summed E-state index contributed by atoms with van der Waals surface area (Å²) in [5.74, 6) is 7.42. The van der Waals surface area contributed by atoms with Gasteiger partial charge in [0, 0.05) is 0 Å². The van der Waals surface area contributed by atoms with E-state index in [4.69, 9.17) is 4.74 Å². The van der Waals surface area contributed by atoms with E-state index in [2.05, 4.69) is 40.7 Å². The van der Waals surface area contributed by atoms with Crippen molar-refractivity contribution in [2.24, 2.45) is 58.2 Å². The first-order valence-corrected chi connectivity index (χ1v) is 17.8. The van der Waals surface area contributed by atoms with Crippen LogP contribution in [0.2, 0.25) is 0 Å². The molecule has 4 aliphatic carbocycles. The standard InChI is InChI=1S/C39H62O3/c1-26(2)29(25-31(40)12-9-10-28-14-20-36(41)37(24-28)42-6)15-13-27(3)33-18-19-34-32-17-16-30-11-7-8-22-38(30,4)35(32)21-23-39(33,34)5/h9-10,14,20,24,26-27,29-35,40-41H,7-8,11-13,15-19,21-23,25H2,1-6H3/b10-9+/t27-,29+,30?,31?,32+,33-,34+,35+,38+,39-/m1/s1. The van der Waals surface area contributed by atoms with Crippen LogP contribution < -0.4 is 4.74 Å². The molecule has 0 spiro atoms. The molecule has 3 nitrogen and oxygen atoms in total. The molecule has 1 aromatic carbocycles. The summed E-state index contributed by atoms with van der Waals surface area (Å²) in [6.07, 6.45) is 22.8. The predicted molar refractivity (Wildman–Crippen MR) is 175 cm³/mol. The number of aliphatic hydroxyl groups is 1. The van der Waals surface area contributed by atoms with Gasteiger partial charge in [-0.15, -0.1) is 0 Å². The number of rotatable bonds is 11. The molecule has 2 N–H and O–H groups in total. The van der Waals surface area contributed by atoms with E-state index in [-0.39, 0.29) is 11.9 Å². The van der Waals surface area contributed by atoms with Gasteiger partial charge in [0.05, 0.1) is 13.2 Å². The second-order valence-electron chi connectivity index (χ2n) is 16.1. The summed E-state index contributed by atoms with van der Waals surface area (Å²) < 4.78 is 5.22. The molecule has 236 valence electrons. The molecule has 0 heterocycles. The Kier molecular flexibility index (Phi) is 10.1. The lowest BCUT2D eigenvalue weighted by molar-refractivity contribution is -0.114. The Hall–Kier alpha value is -1.48. The number of hydrogen-bond donors (Lipinski definition) is 2. The molecule has 5 rings (SSSR count). The van der Waals surface area contributed by atoms with Crippen LogP contribution in [0, 0.1) is 58.2 Å². The highest BCUT2D eigenvalue weighted by Gasteiger charge is 2.60. The van der Waals surface area contributed by atoms with Crippen LogP contribution in [0.15, 0.2) is 24.3 Å². The molecule has 0 amide bonds. The number of fused-ring (bicyclic) bond motifs is 5. The number of benzene rings is 1. The number of methoxy groups -OCH3 is 1. The van der Waals surface area contributed by atoms with E-state index >= 15 is 0 Å². The van der Waals surface area contributed by atoms with E-state index in [0.29, 0.717) is 34.8 Å². The summed E-state index contributed by atoms with van der Waals surface area (Å²) in [5, 5.41) is 20.8. The Morgan fingerprint density at radius 3 is 2.48 bits per heavy atom. The minimum atomic E-state index is -0.317. The number of hydrogen-bond acceptors (Lipinski definition) is 3. The van der Waals surface area contributed by atoms with Gasteiger partial charge in [-0.3, -0.25) is 0 Å². The zero-order chi connectivity index (χ0) is 30.1. The van der Waals surface area contributed by atoms with Crippen LogP contribution in [0.1, 0.15) is 130 Å². The SMILES string of the molecule is COc1cc(/C=C/CC(O)C[C@H](CC[C@@H](C)[C@H]2CC[C@H]3[C@@H]4CCC5CCCC[C@]5(C)[C@H]4CC[C@]23C)C(C)C)ccc1O. The molecule has 0 saturated heterocycles. The molecular formula is C39H62O3. The van der Waals surface area contributed by atoms with Gasteiger partial charge in [0.15, 0.2) is 11.5 Å². The van der Waals surface area contributed by atoms with Gasteiger partial charge in [-0.1, -0.05) is 72.1 Å². The van der Waals surface area contributed by atoms with Gasteiger partial charge in [0.25, 0.3) is 0 Å². The second-order valence-corrected chi connectivity index (χ2v) is 16.1. The number of aromatic hydroxyl groups is 1. The van der Waals surface area contributed by atoms with Gasteiger partial charge in [0.2, 0.25) is 0 Å². The molecule has 4 saturated carbocycles. The van der Waals surface area contributed by atoms with Crippen molar-refractivity contribution in [1.82, 2.24) is 0 Å². The first kappa shape index (κ1) is 31.9. The lowest BCUT2D eigenvalue weighted by Crippen LogP contribution is -2.53. The fourth-order valence-corrected chi connectivity index (χ4v) is 11.3. The molecule has 0 aromatic heterocycles. The smallest absolute Gasteiger partial charge is 0.161 e. The summed E-state index contributed by atoms with van der Waals surface area (Å²) in [6, 6.07) is 5.37. The van der Waals surface area contributed by atoms with Gasteiger partial charge in [-0.05, 0) is 146 Å². The number of phenols is 1. The third-order valence-corrected chi connectivity index (χ3v) is 13.8. The maximum Gasteiger partial charge on any atom is 0.161 e. The first-order chi connectivity index (χ1) is 20.1. The molecule has 0 aliphatic heterocycles. The quantitative estimate of drug-likeness (QED) is 0.275. The van der Waals surface area contributed by atoms with Crippen LogP contribution >= 0.6 is 0 Å². The fourth-order valence-electron chi connectivity index (χ4n) is 11.3. The van der Waals surface area contributed by atoms with Crippen LogP contribution in [-0.4, -0.2) is 23.4 Å². The zero-order valence-electron chi connectivity index (χ0n) is 27.8. The number of ether oxygens (including phenoxy) is 1. The summed E-state index contributed by atoms with van der Waals surface area (Å²) in [6.45, 7) is 12.7. The maximum absolute atomic E-state index is 11.0. The molecule has 1 aromatic rings. The molecular weight excluding hydrogens is 516 g/mol. The molecule has 4 fully saturated rings. The molecule has 2 unspecified atom stereocenters. The van der Waals surface area contributed by atoms with Crippen LogP contribution in [0.25, 0.3) is 6.08 Å². The van der Waals surface area contributed by atoms with Crippen LogP contribution in [0.4, 0.5) is 0 Å². The highest BCUT2D eigenvalue weighted by atomic mass is 16.5. The molecule has 3 heteroatoms. The molecule has 10 atom stereocenters. The minimum absolute atomic E-state index is 0.152. The number of aliphatic hydroxyl groups excluding tert-OH is 1. The molecule has 0 radical (unpaired) electrons. The normalized spacial score (nSPS) is 36.7. The lowest BCUT2D eigenvalue weighted by Gasteiger charge is -2.61. The maximum atomic E-state index is 11.0. The monoisotopic (exact) mass is 578 g/mol. The first-order valence-electron chi connectivity index (χ1n) is 17.8. The third-order valence-electron chi connectivity index (χ3n) is 13.8. The van der Waals surface area contributed by atoms with E-state index < -0.39 is 0 Å². The minimum Gasteiger partial charge on any atom is -0.504 e.